The van der Waals surface area contributed by atoms with Crippen LogP contribution in [-0.2, 0) is 4.74 Å². The summed E-state index contributed by atoms with van der Waals surface area (Å²) < 4.78 is 5.16. The van der Waals surface area contributed by atoms with E-state index in [1.54, 1.807) is 6.07 Å². The molecule has 1 rings (SSSR count). The zero-order valence-electron chi connectivity index (χ0n) is 10.1. The van der Waals surface area contributed by atoms with Gasteiger partial charge in [0.05, 0.1) is 24.5 Å². The van der Waals surface area contributed by atoms with Crippen molar-refractivity contribution in [1.29, 1.82) is 0 Å². The maximum absolute atomic E-state index is 11.8. The fourth-order valence-corrected chi connectivity index (χ4v) is 1.52. The summed E-state index contributed by atoms with van der Waals surface area (Å²) in [5, 5.41) is 2.77. The average molecular weight is 257 g/mol. The van der Waals surface area contributed by atoms with Crippen LogP contribution in [0.4, 0.5) is 0 Å². The van der Waals surface area contributed by atoms with E-state index >= 15 is 0 Å². The van der Waals surface area contributed by atoms with Crippen LogP contribution >= 0.6 is 11.6 Å². The molecule has 1 amide bonds. The number of carbonyl (C=O) groups excluding carboxylic acids is 1. The second-order valence-corrected chi connectivity index (χ2v) is 4.02. The van der Waals surface area contributed by atoms with Gasteiger partial charge < -0.3 is 10.1 Å². The number of nitrogens with zero attached hydrogens (tertiary/aromatic N) is 1. The van der Waals surface area contributed by atoms with E-state index in [4.69, 9.17) is 16.3 Å². The van der Waals surface area contributed by atoms with Crippen LogP contribution in [0.15, 0.2) is 12.1 Å². The molecular formula is C12H17ClN2O2. The Balaban J connectivity index is 2.42. The molecule has 5 heteroatoms. The van der Waals surface area contributed by atoms with Gasteiger partial charge in [-0.25, -0.2) is 0 Å². The Morgan fingerprint density at radius 3 is 2.82 bits per heavy atom. The lowest BCUT2D eigenvalue weighted by atomic mass is 10.2. The Hall–Kier alpha value is -1.13. The molecule has 0 aromatic carbocycles. The molecule has 0 atom stereocenters. The lowest BCUT2D eigenvalue weighted by Gasteiger charge is -2.07. The Bertz CT molecular complexity index is 383. The number of halogens is 1. The molecule has 0 spiro atoms. The van der Waals surface area contributed by atoms with E-state index < -0.39 is 0 Å². The monoisotopic (exact) mass is 256 g/mol. The van der Waals surface area contributed by atoms with Crippen LogP contribution in [0.1, 0.15) is 21.7 Å². The highest BCUT2D eigenvalue weighted by Gasteiger charge is 2.08. The molecule has 0 aliphatic carbocycles. The zero-order chi connectivity index (χ0) is 12.7. The van der Waals surface area contributed by atoms with E-state index in [1.807, 2.05) is 19.9 Å². The van der Waals surface area contributed by atoms with Gasteiger partial charge >= 0.3 is 0 Å². The lowest BCUT2D eigenvalue weighted by molar-refractivity contribution is 0.0922. The minimum absolute atomic E-state index is 0.121. The zero-order valence-corrected chi connectivity index (χ0v) is 10.9. The standard InChI is InChI=1S/C12H17ClN2O2/c1-9-3-4-11(10(2)15-9)12(16)14-6-8-17-7-5-13/h3-4H,5-8H2,1-2H3,(H,14,16). The van der Waals surface area contributed by atoms with Crippen molar-refractivity contribution in [3.8, 4) is 0 Å². The average Bonchev–Trinajstić information content (AvgIpc) is 2.28. The molecule has 0 bridgehead atoms. The van der Waals surface area contributed by atoms with E-state index in [0.717, 1.165) is 11.4 Å². The predicted molar refractivity (Wildman–Crippen MR) is 67.6 cm³/mol. The van der Waals surface area contributed by atoms with E-state index in [1.165, 1.54) is 0 Å². The molecule has 0 unspecified atom stereocenters. The second-order valence-electron chi connectivity index (χ2n) is 3.64. The van der Waals surface area contributed by atoms with Gasteiger partial charge in [-0.05, 0) is 26.0 Å². The number of aryl methyl sites for hydroxylation is 2. The summed E-state index contributed by atoms with van der Waals surface area (Å²) in [6, 6.07) is 3.61. The third-order valence-electron chi connectivity index (χ3n) is 2.22. The summed E-state index contributed by atoms with van der Waals surface area (Å²) in [4.78, 5) is 16.0. The van der Waals surface area contributed by atoms with Gasteiger partial charge in [0.1, 0.15) is 0 Å². The van der Waals surface area contributed by atoms with Gasteiger partial charge in [0.15, 0.2) is 0 Å². The first kappa shape index (κ1) is 13.9. The summed E-state index contributed by atoms with van der Waals surface area (Å²) >= 11 is 5.45. The van der Waals surface area contributed by atoms with Crippen molar-refractivity contribution in [2.24, 2.45) is 0 Å². The van der Waals surface area contributed by atoms with Crippen LogP contribution in [0.3, 0.4) is 0 Å². The summed E-state index contributed by atoms with van der Waals surface area (Å²) in [7, 11) is 0. The number of nitrogens with one attached hydrogen (secondary N) is 1. The number of ether oxygens (including phenoxy) is 1. The highest BCUT2D eigenvalue weighted by atomic mass is 35.5. The number of pyridine rings is 1. The molecule has 0 radical (unpaired) electrons. The van der Waals surface area contributed by atoms with Crippen molar-refractivity contribution in [2.45, 2.75) is 13.8 Å². The van der Waals surface area contributed by atoms with Crippen molar-refractivity contribution < 1.29 is 9.53 Å². The fraction of sp³-hybridized carbons (Fsp3) is 0.500. The molecule has 0 aliphatic rings. The summed E-state index contributed by atoms with van der Waals surface area (Å²) in [5.74, 6) is 0.346. The van der Waals surface area contributed by atoms with Crippen LogP contribution in [0, 0.1) is 13.8 Å². The van der Waals surface area contributed by atoms with Gasteiger partial charge in [-0.1, -0.05) is 0 Å². The van der Waals surface area contributed by atoms with Gasteiger partial charge in [-0.3, -0.25) is 9.78 Å². The van der Waals surface area contributed by atoms with Gasteiger partial charge in [0, 0.05) is 18.1 Å². The molecule has 4 nitrogen and oxygen atoms in total. The molecule has 0 aliphatic heterocycles. The third kappa shape index (κ3) is 4.71. The second kappa shape index (κ2) is 7.25. The lowest BCUT2D eigenvalue weighted by Crippen LogP contribution is -2.28. The van der Waals surface area contributed by atoms with E-state index in [2.05, 4.69) is 10.3 Å². The van der Waals surface area contributed by atoms with Crippen LogP contribution in [0.5, 0.6) is 0 Å². The molecular weight excluding hydrogens is 240 g/mol. The molecule has 0 saturated carbocycles. The number of alkyl halides is 1. The quantitative estimate of drug-likeness (QED) is 0.622. The van der Waals surface area contributed by atoms with E-state index in [0.29, 0.717) is 31.2 Å². The number of carbonyl (C=O) groups is 1. The van der Waals surface area contributed by atoms with Gasteiger partial charge in [-0.2, -0.15) is 0 Å². The van der Waals surface area contributed by atoms with Crippen LogP contribution in [-0.4, -0.2) is 36.5 Å². The van der Waals surface area contributed by atoms with Gasteiger partial charge in [0.25, 0.3) is 5.91 Å². The maximum atomic E-state index is 11.8. The highest BCUT2D eigenvalue weighted by molar-refractivity contribution is 6.17. The van der Waals surface area contributed by atoms with Crippen molar-refractivity contribution in [3.05, 3.63) is 29.1 Å². The minimum atomic E-state index is -0.121. The molecule has 1 aromatic rings. The first-order valence-corrected chi connectivity index (χ1v) is 6.04. The van der Waals surface area contributed by atoms with E-state index in [9.17, 15) is 4.79 Å². The van der Waals surface area contributed by atoms with Crippen molar-refractivity contribution in [1.82, 2.24) is 10.3 Å². The van der Waals surface area contributed by atoms with Gasteiger partial charge in [0.2, 0.25) is 0 Å². The molecule has 0 fully saturated rings. The first-order chi connectivity index (χ1) is 8.15. The number of amides is 1. The molecule has 1 heterocycles. The topological polar surface area (TPSA) is 51.2 Å². The maximum Gasteiger partial charge on any atom is 0.253 e. The Labute approximate surface area is 106 Å². The smallest absolute Gasteiger partial charge is 0.253 e. The number of rotatable bonds is 6. The molecule has 1 N–H and O–H groups in total. The van der Waals surface area contributed by atoms with E-state index in [-0.39, 0.29) is 5.91 Å². The Kier molecular flexibility index (Phi) is 5.94. The summed E-state index contributed by atoms with van der Waals surface area (Å²) in [5.41, 5.74) is 2.25. The van der Waals surface area contributed by atoms with Crippen molar-refractivity contribution >= 4 is 17.5 Å². The molecule has 0 saturated heterocycles. The SMILES string of the molecule is Cc1ccc(C(=O)NCCOCCCl)c(C)n1. The first-order valence-electron chi connectivity index (χ1n) is 5.51. The number of aromatic nitrogens is 1. The molecule has 94 valence electrons. The molecule has 1 aromatic heterocycles. The Morgan fingerprint density at radius 1 is 1.41 bits per heavy atom. The van der Waals surface area contributed by atoms with Crippen LogP contribution < -0.4 is 5.32 Å². The highest BCUT2D eigenvalue weighted by Crippen LogP contribution is 2.05. The minimum Gasteiger partial charge on any atom is -0.378 e. The van der Waals surface area contributed by atoms with Crippen LogP contribution in [0.25, 0.3) is 0 Å². The van der Waals surface area contributed by atoms with Crippen molar-refractivity contribution in [3.63, 3.8) is 0 Å². The summed E-state index contributed by atoms with van der Waals surface area (Å²) in [6.45, 7) is 5.17. The number of hydrogen-bond acceptors (Lipinski definition) is 3. The van der Waals surface area contributed by atoms with Gasteiger partial charge in [-0.15, -0.1) is 11.6 Å². The summed E-state index contributed by atoms with van der Waals surface area (Å²) in [6.07, 6.45) is 0. The Morgan fingerprint density at radius 2 is 2.18 bits per heavy atom. The van der Waals surface area contributed by atoms with Crippen molar-refractivity contribution in [2.75, 3.05) is 25.6 Å². The largest absolute Gasteiger partial charge is 0.378 e. The molecule has 17 heavy (non-hydrogen) atoms. The fourth-order valence-electron chi connectivity index (χ4n) is 1.42. The normalized spacial score (nSPS) is 10.3. The predicted octanol–water partition coefficient (Wildman–Crippen LogP) is 1.68. The third-order valence-corrected chi connectivity index (χ3v) is 2.38. The van der Waals surface area contributed by atoms with Crippen LogP contribution in [0.2, 0.25) is 0 Å². The number of hydrogen-bond donors (Lipinski definition) is 1.